The third-order valence-corrected chi connectivity index (χ3v) is 7.00. The number of carbonyl (C=O) groups excluding carboxylic acids is 1. The third kappa shape index (κ3) is 6.07. The van der Waals surface area contributed by atoms with Crippen molar-refractivity contribution < 1.29 is 19.0 Å². The number of methoxy groups -OCH3 is 2. The standard InChI is InChI=1S/C23H26ClN3O4S.ClH/c1-29-17-5-3-16(4-6-17)15-20(28)27(10-9-26-11-13-31-14-12-26)23-25-21-19(30-2)8-7-18(24)22(21)32-23;/h3-8H,9-15H2,1-2H3;1H. The van der Waals surface area contributed by atoms with Crippen LogP contribution in [0.25, 0.3) is 10.2 Å². The van der Waals surface area contributed by atoms with Crippen LogP contribution >= 0.6 is 35.3 Å². The van der Waals surface area contributed by atoms with Gasteiger partial charge < -0.3 is 14.2 Å². The molecule has 0 aliphatic carbocycles. The fourth-order valence-electron chi connectivity index (χ4n) is 3.63. The van der Waals surface area contributed by atoms with Crippen molar-refractivity contribution in [1.29, 1.82) is 0 Å². The molecule has 0 saturated carbocycles. The molecule has 2 heterocycles. The zero-order valence-corrected chi connectivity index (χ0v) is 21.0. The number of nitrogens with zero attached hydrogens (tertiary/aromatic N) is 3. The molecule has 0 spiro atoms. The zero-order valence-electron chi connectivity index (χ0n) is 18.6. The number of halogens is 2. The maximum Gasteiger partial charge on any atom is 0.233 e. The van der Waals surface area contributed by atoms with Crippen molar-refractivity contribution >= 4 is 56.6 Å². The minimum absolute atomic E-state index is 0. The lowest BCUT2D eigenvalue weighted by Gasteiger charge is -2.29. The normalized spacial score (nSPS) is 14.0. The number of ether oxygens (including phenoxy) is 3. The summed E-state index contributed by atoms with van der Waals surface area (Å²) in [6, 6.07) is 11.1. The summed E-state index contributed by atoms with van der Waals surface area (Å²) in [5.41, 5.74) is 1.59. The van der Waals surface area contributed by atoms with Gasteiger partial charge >= 0.3 is 0 Å². The molecule has 1 aromatic heterocycles. The van der Waals surface area contributed by atoms with Gasteiger partial charge in [-0.3, -0.25) is 14.6 Å². The van der Waals surface area contributed by atoms with Gasteiger partial charge in [-0.15, -0.1) is 12.4 Å². The van der Waals surface area contributed by atoms with Gasteiger partial charge in [-0.1, -0.05) is 35.1 Å². The first kappa shape index (κ1) is 25.5. The Bertz CT molecular complexity index is 1070. The lowest BCUT2D eigenvalue weighted by molar-refractivity contribution is -0.118. The number of hydrogen-bond donors (Lipinski definition) is 0. The number of benzene rings is 2. The minimum atomic E-state index is -0.0161. The largest absolute Gasteiger partial charge is 0.497 e. The monoisotopic (exact) mass is 511 g/mol. The summed E-state index contributed by atoms with van der Waals surface area (Å²) in [7, 11) is 3.23. The Hall–Kier alpha value is -2.10. The molecule has 0 unspecified atom stereocenters. The Labute approximate surface area is 208 Å². The molecule has 3 aromatic rings. The summed E-state index contributed by atoms with van der Waals surface area (Å²) in [5, 5.41) is 1.22. The Morgan fingerprint density at radius 3 is 2.55 bits per heavy atom. The van der Waals surface area contributed by atoms with Gasteiger partial charge in [0.25, 0.3) is 0 Å². The highest BCUT2D eigenvalue weighted by Crippen LogP contribution is 2.38. The first-order valence-corrected chi connectivity index (χ1v) is 11.6. The van der Waals surface area contributed by atoms with E-state index in [9.17, 15) is 4.79 Å². The average Bonchev–Trinajstić information content (AvgIpc) is 3.27. The van der Waals surface area contributed by atoms with Gasteiger partial charge in [-0.2, -0.15) is 0 Å². The topological polar surface area (TPSA) is 64.1 Å². The number of fused-ring (bicyclic) bond motifs is 1. The summed E-state index contributed by atoms with van der Waals surface area (Å²) < 4.78 is 16.9. The second kappa shape index (κ2) is 11.9. The lowest BCUT2D eigenvalue weighted by atomic mass is 10.1. The molecule has 1 fully saturated rings. The molecule has 10 heteroatoms. The van der Waals surface area contributed by atoms with Gasteiger partial charge in [0.1, 0.15) is 17.0 Å². The Kier molecular flexibility index (Phi) is 9.17. The van der Waals surface area contributed by atoms with Crippen LogP contribution in [0.4, 0.5) is 5.13 Å². The quantitative estimate of drug-likeness (QED) is 0.449. The third-order valence-electron chi connectivity index (χ3n) is 5.46. The second-order valence-electron chi connectivity index (χ2n) is 7.45. The summed E-state index contributed by atoms with van der Waals surface area (Å²) in [5.74, 6) is 1.39. The van der Waals surface area contributed by atoms with Crippen LogP contribution in [0.1, 0.15) is 5.56 Å². The molecule has 0 N–H and O–H groups in total. The maximum atomic E-state index is 13.4. The molecule has 4 rings (SSSR count). The van der Waals surface area contributed by atoms with Gasteiger partial charge in [0.05, 0.1) is 43.6 Å². The molecule has 178 valence electrons. The van der Waals surface area contributed by atoms with E-state index in [0.29, 0.717) is 41.2 Å². The number of aromatic nitrogens is 1. The molecular weight excluding hydrogens is 485 g/mol. The summed E-state index contributed by atoms with van der Waals surface area (Å²) in [6.07, 6.45) is 0.272. The van der Waals surface area contributed by atoms with E-state index < -0.39 is 0 Å². The van der Waals surface area contributed by atoms with Crippen LogP contribution in [0.15, 0.2) is 36.4 Å². The molecule has 1 saturated heterocycles. The van der Waals surface area contributed by atoms with Crippen LogP contribution in [-0.4, -0.2) is 69.4 Å². The molecule has 0 atom stereocenters. The SMILES string of the molecule is COc1ccc(CC(=O)N(CCN2CCOCC2)c2nc3c(OC)ccc(Cl)c3s2)cc1.Cl. The fourth-order valence-corrected chi connectivity index (χ4v) is 4.93. The predicted molar refractivity (Wildman–Crippen MR) is 135 cm³/mol. The van der Waals surface area contributed by atoms with Gasteiger partial charge in [-0.25, -0.2) is 4.98 Å². The molecular formula is C23H27Cl2N3O4S. The Morgan fingerprint density at radius 2 is 1.88 bits per heavy atom. The van der Waals surface area contributed by atoms with E-state index in [0.717, 1.165) is 35.6 Å². The van der Waals surface area contributed by atoms with Gasteiger partial charge in [-0.05, 0) is 29.8 Å². The molecule has 33 heavy (non-hydrogen) atoms. The van der Waals surface area contributed by atoms with E-state index in [4.69, 9.17) is 30.8 Å². The highest BCUT2D eigenvalue weighted by Gasteiger charge is 2.23. The first-order chi connectivity index (χ1) is 15.6. The second-order valence-corrected chi connectivity index (χ2v) is 8.83. The summed E-state index contributed by atoms with van der Waals surface area (Å²) in [4.78, 5) is 22.2. The van der Waals surface area contributed by atoms with Crippen molar-refractivity contribution in [2.45, 2.75) is 6.42 Å². The molecule has 0 bridgehead atoms. The highest BCUT2D eigenvalue weighted by molar-refractivity contribution is 7.23. The molecule has 1 aliphatic rings. The van der Waals surface area contributed by atoms with E-state index in [1.807, 2.05) is 24.3 Å². The van der Waals surface area contributed by atoms with Crippen LogP contribution in [0.3, 0.4) is 0 Å². The number of morpholine rings is 1. The number of hydrogen-bond acceptors (Lipinski definition) is 7. The van der Waals surface area contributed by atoms with Gasteiger partial charge in [0, 0.05) is 26.2 Å². The van der Waals surface area contributed by atoms with Crippen LogP contribution in [0, 0.1) is 0 Å². The van der Waals surface area contributed by atoms with Crippen molar-refractivity contribution in [1.82, 2.24) is 9.88 Å². The van der Waals surface area contributed by atoms with Crippen molar-refractivity contribution in [3.63, 3.8) is 0 Å². The van der Waals surface area contributed by atoms with E-state index >= 15 is 0 Å². The van der Waals surface area contributed by atoms with E-state index in [1.165, 1.54) is 11.3 Å². The molecule has 2 aromatic carbocycles. The van der Waals surface area contributed by atoms with Crippen LogP contribution in [0.5, 0.6) is 11.5 Å². The number of thiazole rings is 1. The Morgan fingerprint density at radius 1 is 1.15 bits per heavy atom. The lowest BCUT2D eigenvalue weighted by Crippen LogP contribution is -2.43. The zero-order chi connectivity index (χ0) is 22.5. The smallest absolute Gasteiger partial charge is 0.233 e. The van der Waals surface area contributed by atoms with Crippen molar-refractivity contribution in [3.05, 3.63) is 47.0 Å². The van der Waals surface area contributed by atoms with E-state index in [-0.39, 0.29) is 24.7 Å². The van der Waals surface area contributed by atoms with Crippen molar-refractivity contribution in [2.24, 2.45) is 0 Å². The van der Waals surface area contributed by atoms with Crippen molar-refractivity contribution in [2.75, 3.05) is 58.5 Å². The van der Waals surface area contributed by atoms with Crippen LogP contribution in [0.2, 0.25) is 5.02 Å². The fraction of sp³-hybridized carbons (Fsp3) is 0.391. The van der Waals surface area contributed by atoms with Crippen molar-refractivity contribution in [3.8, 4) is 11.5 Å². The summed E-state index contributed by atoms with van der Waals surface area (Å²) in [6.45, 7) is 4.44. The maximum absolute atomic E-state index is 13.4. The molecule has 0 radical (unpaired) electrons. The number of carbonyl (C=O) groups is 1. The predicted octanol–water partition coefficient (Wildman–Crippen LogP) is 4.30. The number of rotatable bonds is 8. The number of amides is 1. The molecule has 1 amide bonds. The minimum Gasteiger partial charge on any atom is -0.497 e. The van der Waals surface area contributed by atoms with Crippen LogP contribution < -0.4 is 14.4 Å². The Balaban J connectivity index is 0.00000306. The van der Waals surface area contributed by atoms with E-state index in [2.05, 4.69) is 4.90 Å². The highest BCUT2D eigenvalue weighted by atomic mass is 35.5. The van der Waals surface area contributed by atoms with Crippen LogP contribution in [-0.2, 0) is 16.0 Å². The summed E-state index contributed by atoms with van der Waals surface area (Å²) >= 11 is 7.83. The van der Waals surface area contributed by atoms with Gasteiger partial charge in [0.2, 0.25) is 5.91 Å². The molecule has 1 aliphatic heterocycles. The first-order valence-electron chi connectivity index (χ1n) is 10.5. The average molecular weight is 512 g/mol. The number of anilines is 1. The van der Waals surface area contributed by atoms with Gasteiger partial charge in [0.15, 0.2) is 5.13 Å². The van der Waals surface area contributed by atoms with E-state index in [1.54, 1.807) is 31.3 Å². The molecule has 7 nitrogen and oxygen atoms in total.